The monoisotopic (exact) mass is 300 g/mol. The van der Waals surface area contributed by atoms with Crippen LogP contribution in [0.4, 0.5) is 0 Å². The molecule has 4 nitrogen and oxygen atoms in total. The van der Waals surface area contributed by atoms with Gasteiger partial charge in [-0.25, -0.2) is 0 Å². The molecule has 0 amide bonds. The van der Waals surface area contributed by atoms with Crippen LogP contribution >= 0.6 is 0 Å². The van der Waals surface area contributed by atoms with Crippen molar-refractivity contribution >= 4 is 0 Å². The molecule has 0 aromatic carbocycles. The first-order chi connectivity index (χ1) is 9.44. The summed E-state index contributed by atoms with van der Waals surface area (Å²) in [7, 11) is 0. The van der Waals surface area contributed by atoms with E-state index in [1.54, 1.807) is 0 Å². The number of ether oxygens (including phenoxy) is 4. The molecule has 0 saturated carbocycles. The third-order valence-electron chi connectivity index (χ3n) is 4.70. The van der Waals surface area contributed by atoms with Crippen LogP contribution in [-0.4, -0.2) is 47.3 Å². The minimum absolute atomic E-state index is 0.0109. The molecule has 2 fully saturated rings. The molecule has 0 N–H and O–H groups in total. The summed E-state index contributed by atoms with van der Waals surface area (Å²) in [6.45, 7) is 18.6. The van der Waals surface area contributed by atoms with E-state index in [1.807, 2.05) is 0 Å². The van der Waals surface area contributed by atoms with Crippen molar-refractivity contribution in [2.24, 2.45) is 0 Å². The molecule has 0 aromatic rings. The summed E-state index contributed by atoms with van der Waals surface area (Å²) in [6, 6.07) is 0. The zero-order valence-electron chi connectivity index (χ0n) is 15.0. The molecule has 0 aromatic heterocycles. The maximum atomic E-state index is 6.47. The lowest BCUT2D eigenvalue weighted by atomic mass is 9.72. The van der Waals surface area contributed by atoms with E-state index in [9.17, 15) is 0 Å². The third kappa shape index (κ3) is 2.44. The van der Waals surface area contributed by atoms with Gasteiger partial charge in [-0.15, -0.1) is 0 Å². The number of hydrogen-bond acceptors (Lipinski definition) is 4. The molecule has 2 aliphatic rings. The second kappa shape index (κ2) is 5.19. The maximum absolute atomic E-state index is 6.47. The van der Waals surface area contributed by atoms with Crippen molar-refractivity contribution in [3.63, 3.8) is 0 Å². The molecule has 2 heterocycles. The Morgan fingerprint density at radius 2 is 1.57 bits per heavy atom. The van der Waals surface area contributed by atoms with Gasteiger partial charge in [-0.05, 0) is 62.3 Å². The van der Waals surface area contributed by atoms with Crippen molar-refractivity contribution in [3.05, 3.63) is 0 Å². The predicted molar refractivity (Wildman–Crippen MR) is 82.5 cm³/mol. The minimum atomic E-state index is -0.612. The van der Waals surface area contributed by atoms with E-state index < -0.39 is 16.8 Å². The van der Waals surface area contributed by atoms with E-state index in [4.69, 9.17) is 18.9 Å². The normalized spacial score (nSPS) is 38.7. The Morgan fingerprint density at radius 1 is 1.00 bits per heavy atom. The van der Waals surface area contributed by atoms with E-state index in [1.165, 1.54) is 0 Å². The Labute approximate surface area is 129 Å². The van der Waals surface area contributed by atoms with Crippen LogP contribution in [0, 0.1) is 0 Å². The molecule has 2 aliphatic heterocycles. The molecule has 2 rings (SSSR count). The molecular weight excluding hydrogens is 268 g/mol. The SMILES string of the molecule is CC(C)O[C@H]1[C@H]2OC(C)(C)[C@]1(C(C)(C)OC(C)C)O[C@H]2C. The quantitative estimate of drug-likeness (QED) is 0.780. The highest BCUT2D eigenvalue weighted by atomic mass is 16.7. The van der Waals surface area contributed by atoms with Gasteiger partial charge in [-0.3, -0.25) is 0 Å². The van der Waals surface area contributed by atoms with E-state index in [2.05, 4.69) is 62.3 Å². The van der Waals surface area contributed by atoms with Gasteiger partial charge in [-0.1, -0.05) is 0 Å². The second-order valence-corrected chi connectivity index (χ2v) is 7.93. The first-order valence-corrected chi connectivity index (χ1v) is 8.13. The van der Waals surface area contributed by atoms with E-state index >= 15 is 0 Å². The van der Waals surface area contributed by atoms with Gasteiger partial charge in [0.05, 0.1) is 29.5 Å². The average Bonchev–Trinajstić information content (AvgIpc) is 2.63. The number of rotatable bonds is 5. The van der Waals surface area contributed by atoms with Gasteiger partial charge >= 0.3 is 0 Å². The molecule has 0 radical (unpaired) electrons. The van der Waals surface area contributed by atoms with Gasteiger partial charge < -0.3 is 18.9 Å². The molecule has 2 saturated heterocycles. The van der Waals surface area contributed by atoms with E-state index in [0.29, 0.717) is 0 Å². The Balaban J connectivity index is 2.47. The Morgan fingerprint density at radius 3 is 2.05 bits per heavy atom. The summed E-state index contributed by atoms with van der Waals surface area (Å²) < 4.78 is 25.3. The lowest BCUT2D eigenvalue weighted by Crippen LogP contribution is -2.68. The fourth-order valence-electron chi connectivity index (χ4n) is 4.33. The fraction of sp³-hybridized carbons (Fsp3) is 1.00. The molecule has 4 atom stereocenters. The van der Waals surface area contributed by atoms with Crippen molar-refractivity contribution in [1.29, 1.82) is 0 Å². The summed E-state index contributed by atoms with van der Waals surface area (Å²) in [4.78, 5) is 0. The van der Waals surface area contributed by atoms with Gasteiger partial charge in [0.15, 0.2) is 5.60 Å². The lowest BCUT2D eigenvalue weighted by Gasteiger charge is -2.52. The van der Waals surface area contributed by atoms with Crippen LogP contribution in [0.1, 0.15) is 62.3 Å². The smallest absolute Gasteiger partial charge is 0.154 e. The summed E-state index contributed by atoms with van der Waals surface area (Å²) >= 11 is 0. The van der Waals surface area contributed by atoms with Gasteiger partial charge in [0.1, 0.15) is 12.2 Å². The predicted octanol–water partition coefficient (Wildman–Crippen LogP) is 3.32. The van der Waals surface area contributed by atoms with Crippen molar-refractivity contribution < 1.29 is 18.9 Å². The molecule has 2 bridgehead atoms. The molecule has 0 unspecified atom stereocenters. The molecule has 0 spiro atoms. The van der Waals surface area contributed by atoms with Gasteiger partial charge in [0, 0.05) is 0 Å². The van der Waals surface area contributed by atoms with E-state index in [-0.39, 0.29) is 30.5 Å². The fourth-order valence-corrected chi connectivity index (χ4v) is 4.33. The van der Waals surface area contributed by atoms with E-state index in [0.717, 1.165) is 0 Å². The molecule has 21 heavy (non-hydrogen) atoms. The standard InChI is InChI=1S/C17H32O4/c1-10(2)18-14-13-12(5)20-17(14,16(8,9)21-13)15(6,7)19-11(3)4/h10-14H,1-9H3/t12-,13-,14-,17-/m0/s1. The Bertz CT molecular complexity index is 388. The van der Waals surface area contributed by atoms with Crippen LogP contribution in [0.25, 0.3) is 0 Å². The Hall–Kier alpha value is -0.160. The number of hydrogen-bond donors (Lipinski definition) is 0. The first kappa shape index (κ1) is 17.2. The largest absolute Gasteiger partial charge is 0.370 e. The minimum Gasteiger partial charge on any atom is -0.370 e. The third-order valence-corrected chi connectivity index (χ3v) is 4.70. The van der Waals surface area contributed by atoms with Crippen LogP contribution in [-0.2, 0) is 18.9 Å². The second-order valence-electron chi connectivity index (χ2n) is 7.93. The first-order valence-electron chi connectivity index (χ1n) is 8.13. The van der Waals surface area contributed by atoms with Gasteiger partial charge in [0.2, 0.25) is 0 Å². The highest BCUT2D eigenvalue weighted by Gasteiger charge is 2.76. The molecule has 4 heteroatoms. The van der Waals surface area contributed by atoms with Crippen LogP contribution < -0.4 is 0 Å². The number of fused-ring (bicyclic) bond motifs is 2. The maximum Gasteiger partial charge on any atom is 0.154 e. The van der Waals surface area contributed by atoms with Crippen LogP contribution in [0.2, 0.25) is 0 Å². The van der Waals surface area contributed by atoms with Crippen molar-refractivity contribution in [2.75, 3.05) is 0 Å². The zero-order chi connectivity index (χ0) is 16.2. The van der Waals surface area contributed by atoms with Crippen LogP contribution in [0.5, 0.6) is 0 Å². The van der Waals surface area contributed by atoms with Crippen LogP contribution in [0.15, 0.2) is 0 Å². The lowest BCUT2D eigenvalue weighted by molar-refractivity contribution is -0.296. The van der Waals surface area contributed by atoms with Gasteiger partial charge in [0.25, 0.3) is 0 Å². The average molecular weight is 300 g/mol. The summed E-state index contributed by atoms with van der Waals surface area (Å²) in [6.07, 6.45) is 0.0899. The molecule has 0 aliphatic carbocycles. The van der Waals surface area contributed by atoms with Crippen molar-refractivity contribution in [1.82, 2.24) is 0 Å². The van der Waals surface area contributed by atoms with Gasteiger partial charge in [-0.2, -0.15) is 0 Å². The zero-order valence-corrected chi connectivity index (χ0v) is 15.0. The molecular formula is C17H32O4. The summed E-state index contributed by atoms with van der Waals surface area (Å²) in [5.74, 6) is 0. The van der Waals surface area contributed by atoms with Crippen molar-refractivity contribution in [3.8, 4) is 0 Å². The Kier molecular flexibility index (Phi) is 4.25. The summed E-state index contributed by atoms with van der Waals surface area (Å²) in [5.41, 5.74) is -1.58. The van der Waals surface area contributed by atoms with Crippen molar-refractivity contribution in [2.45, 2.75) is 110 Å². The summed E-state index contributed by atoms with van der Waals surface area (Å²) in [5, 5.41) is 0. The van der Waals surface area contributed by atoms with Crippen LogP contribution in [0.3, 0.4) is 0 Å². The highest BCUT2D eigenvalue weighted by Crippen LogP contribution is 2.57. The topological polar surface area (TPSA) is 36.9 Å². The molecule has 124 valence electrons. The highest BCUT2D eigenvalue weighted by molar-refractivity contribution is 5.24.